The number of nitrogens with one attached hydrogen (secondary N) is 1. The molecule has 1 saturated carbocycles. The quantitative estimate of drug-likeness (QED) is 0.382. The largest absolute Gasteiger partial charge is 0.476 e. The van der Waals surface area contributed by atoms with E-state index in [9.17, 15) is 18.0 Å². The number of carbonyl (C=O) groups excluding carboxylic acids is 1. The van der Waals surface area contributed by atoms with E-state index in [1.54, 1.807) is 23.0 Å². The Kier molecular flexibility index (Phi) is 6.84. The average molecular weight is 564 g/mol. The second kappa shape index (κ2) is 9.76. The molecule has 5 rings (SSSR count). The summed E-state index contributed by atoms with van der Waals surface area (Å²) in [5.74, 6) is 1.16. The predicted octanol–water partition coefficient (Wildman–Crippen LogP) is 5.09. The van der Waals surface area contributed by atoms with Crippen LogP contribution in [-0.2, 0) is 7.05 Å². The number of anilines is 1. The Hall–Kier alpha value is -3.22. The van der Waals surface area contributed by atoms with Crippen molar-refractivity contribution >= 4 is 23.7 Å². The highest BCUT2D eigenvalue weighted by atomic mass is 32.2. The van der Waals surface area contributed by atoms with Gasteiger partial charge in [-0.1, -0.05) is 6.92 Å². The summed E-state index contributed by atoms with van der Waals surface area (Å²) in [6.07, 6.45) is 0.196. The molecule has 0 radical (unpaired) electrons. The Bertz CT molecular complexity index is 1380. The Morgan fingerprint density at radius 2 is 1.97 bits per heavy atom. The standard InChI is InChI=1S/C26H32F3N7O2S/c1-16-12-24(3,4)35(13-16)22-18(23(37)33-39-19-14-34(5)31-17(19)2)6-7-20(30-22)36-11-8-21(32-36)38-15-25(9-10-25)26(27,28)29/h6-8,11,14,16H,9-10,12-13,15H2,1-5H3,(H,33,37). The summed E-state index contributed by atoms with van der Waals surface area (Å²) in [5, 5.41) is 8.61. The van der Waals surface area contributed by atoms with Crippen molar-refractivity contribution in [1.82, 2.24) is 29.3 Å². The van der Waals surface area contributed by atoms with Crippen LogP contribution in [0.3, 0.4) is 0 Å². The lowest BCUT2D eigenvalue weighted by atomic mass is 9.97. The number of hydrogen-bond donors (Lipinski definition) is 1. The molecule has 1 amide bonds. The number of aromatic nitrogens is 5. The van der Waals surface area contributed by atoms with Crippen molar-refractivity contribution in [1.29, 1.82) is 0 Å². The lowest BCUT2D eigenvalue weighted by Crippen LogP contribution is -2.40. The van der Waals surface area contributed by atoms with Gasteiger partial charge in [-0.15, -0.1) is 5.10 Å². The van der Waals surface area contributed by atoms with Crippen LogP contribution in [0, 0.1) is 18.3 Å². The Labute approximate surface area is 229 Å². The molecule has 1 unspecified atom stereocenters. The molecule has 1 aliphatic carbocycles. The van der Waals surface area contributed by atoms with Gasteiger partial charge in [-0.05, 0) is 70.0 Å². The van der Waals surface area contributed by atoms with Crippen LogP contribution < -0.4 is 14.4 Å². The lowest BCUT2D eigenvalue weighted by molar-refractivity contribution is -0.194. The summed E-state index contributed by atoms with van der Waals surface area (Å²) < 4.78 is 51.3. The lowest BCUT2D eigenvalue weighted by Gasteiger charge is -2.34. The third-order valence-corrected chi connectivity index (χ3v) is 8.31. The van der Waals surface area contributed by atoms with Gasteiger partial charge in [0.2, 0.25) is 5.88 Å². The molecule has 1 N–H and O–H groups in total. The van der Waals surface area contributed by atoms with E-state index in [2.05, 4.69) is 40.6 Å². The van der Waals surface area contributed by atoms with Crippen molar-refractivity contribution < 1.29 is 22.7 Å². The molecule has 2 aliphatic rings. The van der Waals surface area contributed by atoms with Crippen molar-refractivity contribution in [3.05, 3.63) is 41.9 Å². The zero-order valence-corrected chi connectivity index (χ0v) is 23.4. The van der Waals surface area contributed by atoms with Gasteiger partial charge in [-0.2, -0.15) is 18.3 Å². The second-order valence-electron chi connectivity index (χ2n) is 11.2. The molecule has 0 aromatic carbocycles. The van der Waals surface area contributed by atoms with Gasteiger partial charge in [0.25, 0.3) is 5.91 Å². The number of halogens is 3. The van der Waals surface area contributed by atoms with Crippen LogP contribution in [0.5, 0.6) is 5.88 Å². The fourth-order valence-electron chi connectivity index (χ4n) is 5.13. The minimum atomic E-state index is -4.30. The van der Waals surface area contributed by atoms with E-state index < -0.39 is 18.2 Å². The first-order valence-electron chi connectivity index (χ1n) is 12.8. The monoisotopic (exact) mass is 563 g/mol. The van der Waals surface area contributed by atoms with E-state index in [4.69, 9.17) is 9.72 Å². The first kappa shape index (κ1) is 27.4. The van der Waals surface area contributed by atoms with Gasteiger partial charge in [0.15, 0.2) is 5.82 Å². The van der Waals surface area contributed by atoms with Crippen LogP contribution in [0.2, 0.25) is 0 Å². The minimum Gasteiger partial charge on any atom is -0.476 e. The molecule has 0 bridgehead atoms. The van der Waals surface area contributed by atoms with E-state index >= 15 is 0 Å². The molecule has 13 heteroatoms. The summed E-state index contributed by atoms with van der Waals surface area (Å²) in [7, 11) is 1.82. The zero-order chi connectivity index (χ0) is 28.2. The summed E-state index contributed by atoms with van der Waals surface area (Å²) in [4.78, 5) is 21.2. The van der Waals surface area contributed by atoms with Crippen molar-refractivity contribution in [2.45, 2.75) is 63.6 Å². The number of ether oxygens (including phenoxy) is 1. The van der Waals surface area contributed by atoms with Gasteiger partial charge in [-0.3, -0.25) is 14.2 Å². The molecular formula is C26H32F3N7O2S. The molecule has 4 heterocycles. The second-order valence-corrected chi connectivity index (χ2v) is 12.1. The topological polar surface area (TPSA) is 90.1 Å². The number of pyridine rings is 1. The Balaban J connectivity index is 1.40. The third kappa shape index (κ3) is 5.45. The number of amides is 1. The van der Waals surface area contributed by atoms with Crippen LogP contribution in [0.1, 0.15) is 56.1 Å². The van der Waals surface area contributed by atoms with Crippen molar-refractivity contribution in [2.75, 3.05) is 18.1 Å². The molecule has 1 aliphatic heterocycles. The predicted molar refractivity (Wildman–Crippen MR) is 141 cm³/mol. The molecule has 3 aromatic rings. The first-order valence-corrected chi connectivity index (χ1v) is 13.6. The van der Waals surface area contributed by atoms with E-state index in [1.165, 1.54) is 22.7 Å². The molecule has 210 valence electrons. The summed E-state index contributed by atoms with van der Waals surface area (Å²) in [5.41, 5.74) is -0.784. The van der Waals surface area contributed by atoms with Crippen molar-refractivity contribution in [3.8, 4) is 11.7 Å². The maximum absolute atomic E-state index is 13.4. The van der Waals surface area contributed by atoms with E-state index in [1.807, 2.05) is 20.2 Å². The van der Waals surface area contributed by atoms with Crippen molar-refractivity contribution in [3.63, 3.8) is 0 Å². The number of carbonyl (C=O) groups is 1. The maximum atomic E-state index is 13.4. The van der Waals surface area contributed by atoms with Gasteiger partial charge in [0.05, 0.1) is 16.2 Å². The molecule has 1 saturated heterocycles. The average Bonchev–Trinajstić information content (AvgIpc) is 3.27. The first-order chi connectivity index (χ1) is 18.3. The SMILES string of the molecule is Cc1nn(C)cc1SNC(=O)c1ccc(-n2ccc(OCC3(C(F)(F)F)CC3)n2)nc1N1CC(C)CC1(C)C. The van der Waals surface area contributed by atoms with Gasteiger partial charge >= 0.3 is 6.18 Å². The smallest absolute Gasteiger partial charge is 0.397 e. The fraction of sp³-hybridized carbons (Fsp3) is 0.538. The Morgan fingerprint density at radius 1 is 1.23 bits per heavy atom. The zero-order valence-electron chi connectivity index (χ0n) is 22.5. The third-order valence-electron chi connectivity index (χ3n) is 7.41. The number of nitrogens with zero attached hydrogens (tertiary/aromatic N) is 6. The number of rotatable bonds is 8. The van der Waals surface area contributed by atoms with Gasteiger partial charge < -0.3 is 9.64 Å². The summed E-state index contributed by atoms with van der Waals surface area (Å²) >= 11 is 1.20. The van der Waals surface area contributed by atoms with Crippen LogP contribution in [0.4, 0.5) is 19.0 Å². The molecule has 9 nitrogen and oxygen atoms in total. The highest BCUT2D eigenvalue weighted by molar-refractivity contribution is 7.98. The van der Waals surface area contributed by atoms with Gasteiger partial charge in [0, 0.05) is 37.6 Å². The fourth-order valence-corrected chi connectivity index (χ4v) is 5.83. The van der Waals surface area contributed by atoms with E-state index in [-0.39, 0.29) is 30.2 Å². The molecule has 2 fully saturated rings. The summed E-state index contributed by atoms with van der Waals surface area (Å²) in [6, 6.07) is 4.89. The maximum Gasteiger partial charge on any atom is 0.397 e. The van der Waals surface area contributed by atoms with E-state index in [0.29, 0.717) is 23.1 Å². The number of hydrogen-bond acceptors (Lipinski definition) is 7. The Morgan fingerprint density at radius 3 is 2.56 bits per heavy atom. The number of aryl methyl sites for hydroxylation is 2. The molecular weight excluding hydrogens is 531 g/mol. The minimum absolute atomic E-state index is 0.0638. The highest BCUT2D eigenvalue weighted by Gasteiger charge is 2.64. The molecule has 39 heavy (non-hydrogen) atoms. The van der Waals surface area contributed by atoms with E-state index in [0.717, 1.165) is 23.6 Å². The molecule has 0 spiro atoms. The van der Waals surface area contributed by atoms with Gasteiger partial charge in [0.1, 0.15) is 17.8 Å². The van der Waals surface area contributed by atoms with Crippen LogP contribution in [-0.4, -0.2) is 55.3 Å². The highest BCUT2D eigenvalue weighted by Crippen LogP contribution is 2.57. The van der Waals surface area contributed by atoms with Crippen LogP contribution in [0.25, 0.3) is 5.82 Å². The van der Waals surface area contributed by atoms with Gasteiger partial charge in [-0.25, -0.2) is 9.67 Å². The van der Waals surface area contributed by atoms with Crippen molar-refractivity contribution in [2.24, 2.45) is 18.4 Å². The number of alkyl halides is 3. The van der Waals surface area contributed by atoms with Crippen LogP contribution in [0.15, 0.2) is 35.5 Å². The molecule has 1 atom stereocenters. The molecule has 3 aromatic heterocycles. The summed E-state index contributed by atoms with van der Waals surface area (Å²) in [6.45, 7) is 8.55. The normalized spacial score (nSPS) is 19.8. The van der Waals surface area contributed by atoms with Crippen LogP contribution >= 0.6 is 11.9 Å².